The Morgan fingerprint density at radius 1 is 0.731 bits per heavy atom. The number of aromatic nitrogens is 2. The largest absolute Gasteiger partial charge is 0.250 e. The minimum absolute atomic E-state index is 0.272. The lowest BCUT2D eigenvalue weighted by Crippen LogP contribution is -2.37. The molecule has 4 aromatic rings. The Kier molecular flexibility index (Phi) is 4.34. The minimum Gasteiger partial charge on any atom is -0.223 e. The highest BCUT2D eigenvalue weighted by Crippen LogP contribution is 2.26. The molecule has 130 valence electrons. The molecule has 0 radical (unpaired) electrons. The first kappa shape index (κ1) is 16.6. The Labute approximate surface area is 155 Å². The van der Waals surface area contributed by atoms with Crippen molar-refractivity contribution in [3.63, 3.8) is 0 Å². The molecule has 1 heterocycles. The lowest BCUT2D eigenvalue weighted by atomic mass is 10.0. The molecule has 2 nitrogen and oxygen atoms in total. The van der Waals surface area contributed by atoms with E-state index in [1.165, 1.54) is 27.8 Å². The summed E-state index contributed by atoms with van der Waals surface area (Å²) in [7, 11) is 0. The highest BCUT2D eigenvalue weighted by atomic mass is 15.2. The van der Waals surface area contributed by atoms with Crippen molar-refractivity contribution in [2.24, 2.45) is 0 Å². The molecule has 0 spiro atoms. The molecule has 0 bridgehead atoms. The van der Waals surface area contributed by atoms with Crippen molar-refractivity contribution in [2.75, 3.05) is 0 Å². The molecule has 0 aliphatic carbocycles. The molecule has 0 unspecified atom stereocenters. The topological polar surface area (TPSA) is 8.81 Å². The lowest BCUT2D eigenvalue weighted by molar-refractivity contribution is -0.685. The Bertz CT molecular complexity index is 1030. The smallest absolute Gasteiger partial charge is 0.223 e. The molecule has 1 aromatic heterocycles. The van der Waals surface area contributed by atoms with Gasteiger partial charge in [-0.1, -0.05) is 74.5 Å². The Hall–Kier alpha value is -2.87. The van der Waals surface area contributed by atoms with Gasteiger partial charge in [0.2, 0.25) is 6.33 Å². The van der Waals surface area contributed by atoms with Crippen LogP contribution in [-0.2, 0) is 0 Å². The maximum atomic E-state index is 2.38. The van der Waals surface area contributed by atoms with Crippen LogP contribution in [0.15, 0.2) is 85.2 Å². The van der Waals surface area contributed by atoms with E-state index >= 15 is 0 Å². The van der Waals surface area contributed by atoms with Crippen LogP contribution >= 0.6 is 0 Å². The van der Waals surface area contributed by atoms with Crippen molar-refractivity contribution in [2.45, 2.75) is 32.7 Å². The van der Waals surface area contributed by atoms with Gasteiger partial charge in [0.05, 0.1) is 0 Å². The number of rotatable bonds is 4. The summed E-state index contributed by atoms with van der Waals surface area (Å²) in [6.45, 7) is 6.77. The van der Waals surface area contributed by atoms with E-state index < -0.39 is 0 Å². The second-order valence-corrected chi connectivity index (χ2v) is 7.18. The van der Waals surface area contributed by atoms with Gasteiger partial charge in [-0.15, -0.1) is 0 Å². The Morgan fingerprint density at radius 3 is 2.15 bits per heavy atom. The van der Waals surface area contributed by atoms with Crippen LogP contribution < -0.4 is 4.57 Å². The third-order valence-corrected chi connectivity index (χ3v) is 5.18. The van der Waals surface area contributed by atoms with Crippen molar-refractivity contribution in [3.05, 3.63) is 96.3 Å². The molecule has 0 aliphatic rings. The van der Waals surface area contributed by atoms with Gasteiger partial charge in [-0.3, -0.25) is 0 Å². The van der Waals surface area contributed by atoms with Crippen LogP contribution in [-0.4, -0.2) is 4.57 Å². The summed E-state index contributed by atoms with van der Waals surface area (Å²) in [4.78, 5) is 0. The van der Waals surface area contributed by atoms with Gasteiger partial charge in [-0.05, 0) is 36.6 Å². The number of hydrogen-bond donors (Lipinski definition) is 0. The van der Waals surface area contributed by atoms with Gasteiger partial charge in [-0.25, -0.2) is 4.57 Å². The van der Waals surface area contributed by atoms with Crippen LogP contribution in [0.1, 0.15) is 43.9 Å². The van der Waals surface area contributed by atoms with Crippen molar-refractivity contribution >= 4 is 11.0 Å². The van der Waals surface area contributed by atoms with Crippen molar-refractivity contribution < 1.29 is 4.57 Å². The van der Waals surface area contributed by atoms with Crippen LogP contribution in [0.2, 0.25) is 0 Å². The van der Waals surface area contributed by atoms with Gasteiger partial charge >= 0.3 is 0 Å². The molecule has 0 fully saturated rings. The molecule has 2 heteroatoms. The normalized spacial score (nSPS) is 12.6. The standard InChI is InChI=1S/C24H25N2/c1-18(2)21-13-7-8-14-22(21)26-17-25(23-15-9-10-16-24(23)26)19(3)20-11-5-4-6-12-20/h4-19H,1-3H3/q+1/t19-/m0/s1. The van der Waals surface area contributed by atoms with Crippen LogP contribution in [0, 0.1) is 0 Å². The SMILES string of the molecule is CC(C)c1ccccc1-n1c[n+]([C@@H](C)c2ccccc2)c2ccccc21. The number of benzene rings is 3. The van der Waals surface area contributed by atoms with E-state index in [9.17, 15) is 0 Å². The number of fused-ring (bicyclic) bond motifs is 1. The summed E-state index contributed by atoms with van der Waals surface area (Å²) >= 11 is 0. The quantitative estimate of drug-likeness (QED) is 0.424. The number of para-hydroxylation sites is 3. The average molecular weight is 341 g/mol. The molecule has 0 saturated carbocycles. The van der Waals surface area contributed by atoms with Crippen molar-refractivity contribution in [1.82, 2.24) is 4.57 Å². The first-order valence-corrected chi connectivity index (χ1v) is 9.32. The second-order valence-electron chi connectivity index (χ2n) is 7.18. The maximum absolute atomic E-state index is 2.38. The van der Waals surface area contributed by atoms with Crippen LogP contribution in [0.4, 0.5) is 0 Å². The van der Waals surface area contributed by atoms with Gasteiger partial charge in [0.1, 0.15) is 11.7 Å². The summed E-state index contributed by atoms with van der Waals surface area (Å²) in [6, 6.07) is 28.3. The summed E-state index contributed by atoms with van der Waals surface area (Å²) in [5, 5.41) is 0. The summed E-state index contributed by atoms with van der Waals surface area (Å²) in [5.74, 6) is 0.479. The van der Waals surface area contributed by atoms with Gasteiger partial charge in [0.25, 0.3) is 0 Å². The van der Waals surface area contributed by atoms with E-state index in [0.29, 0.717) is 5.92 Å². The molecule has 0 N–H and O–H groups in total. The fourth-order valence-electron chi connectivity index (χ4n) is 3.72. The Balaban J connectivity index is 1.94. The van der Waals surface area contributed by atoms with Gasteiger partial charge < -0.3 is 0 Å². The summed E-state index contributed by atoms with van der Waals surface area (Å²) < 4.78 is 4.71. The van der Waals surface area contributed by atoms with E-state index in [2.05, 4.69) is 115 Å². The first-order valence-electron chi connectivity index (χ1n) is 9.32. The van der Waals surface area contributed by atoms with Crippen molar-refractivity contribution in [3.8, 4) is 5.69 Å². The number of imidazole rings is 1. The van der Waals surface area contributed by atoms with Gasteiger partial charge in [-0.2, -0.15) is 4.57 Å². The predicted octanol–water partition coefficient (Wildman–Crippen LogP) is 5.65. The van der Waals surface area contributed by atoms with Crippen molar-refractivity contribution in [1.29, 1.82) is 0 Å². The lowest BCUT2D eigenvalue weighted by Gasteiger charge is -2.10. The predicted molar refractivity (Wildman–Crippen MR) is 108 cm³/mol. The van der Waals surface area contributed by atoms with Crippen LogP contribution in [0.25, 0.3) is 16.7 Å². The first-order chi connectivity index (χ1) is 12.7. The molecule has 26 heavy (non-hydrogen) atoms. The molecular weight excluding hydrogens is 316 g/mol. The summed E-state index contributed by atoms with van der Waals surface area (Å²) in [5.41, 5.74) is 6.44. The second kappa shape index (κ2) is 6.80. The highest BCUT2D eigenvalue weighted by molar-refractivity contribution is 5.74. The highest BCUT2D eigenvalue weighted by Gasteiger charge is 2.23. The molecule has 1 atom stereocenters. The van der Waals surface area contributed by atoms with Crippen LogP contribution in [0.5, 0.6) is 0 Å². The van der Waals surface area contributed by atoms with E-state index in [0.717, 1.165) is 0 Å². The van der Waals surface area contributed by atoms with Gasteiger partial charge in [0, 0.05) is 5.56 Å². The molecule has 4 rings (SSSR count). The molecule has 0 aliphatic heterocycles. The zero-order valence-corrected chi connectivity index (χ0v) is 15.6. The number of nitrogens with zero attached hydrogens (tertiary/aromatic N) is 2. The van der Waals surface area contributed by atoms with Gasteiger partial charge in [0.15, 0.2) is 11.0 Å². The molecular formula is C24H25N2+. The van der Waals surface area contributed by atoms with E-state index in [1.54, 1.807) is 0 Å². The van der Waals surface area contributed by atoms with E-state index in [-0.39, 0.29) is 6.04 Å². The van der Waals surface area contributed by atoms with E-state index in [1.807, 2.05) is 0 Å². The fourth-order valence-corrected chi connectivity index (χ4v) is 3.72. The molecule has 3 aromatic carbocycles. The van der Waals surface area contributed by atoms with Crippen LogP contribution in [0.3, 0.4) is 0 Å². The number of hydrogen-bond acceptors (Lipinski definition) is 0. The average Bonchev–Trinajstić information content (AvgIpc) is 3.07. The molecule has 0 saturated heterocycles. The zero-order chi connectivity index (χ0) is 18.1. The minimum atomic E-state index is 0.272. The Morgan fingerprint density at radius 2 is 1.38 bits per heavy atom. The fraction of sp³-hybridized carbons (Fsp3) is 0.208. The molecule has 0 amide bonds. The third kappa shape index (κ3) is 2.82. The zero-order valence-electron chi connectivity index (χ0n) is 15.6. The third-order valence-electron chi connectivity index (χ3n) is 5.18. The maximum Gasteiger partial charge on any atom is 0.250 e. The van der Waals surface area contributed by atoms with E-state index in [4.69, 9.17) is 0 Å². The monoisotopic (exact) mass is 341 g/mol. The summed E-state index contributed by atoms with van der Waals surface area (Å²) in [6.07, 6.45) is 2.25.